The van der Waals surface area contributed by atoms with Crippen LogP contribution >= 0.6 is 0 Å². The number of ether oxygens (including phenoxy) is 3. The fraction of sp³-hybridized carbons (Fsp3) is 0.909. The number of carbonyl (C=O) groups is 1. The average Bonchev–Trinajstić information content (AvgIpc) is 2.20. The Balaban J connectivity index is 4.35. The maximum Gasteiger partial charge on any atom is 0.314 e. The van der Waals surface area contributed by atoms with Crippen LogP contribution in [0.4, 0.5) is 0 Å². The molecular formula is C11H22O4. The summed E-state index contributed by atoms with van der Waals surface area (Å²) in [5.74, 6) is -0.572. The van der Waals surface area contributed by atoms with E-state index in [9.17, 15) is 4.79 Å². The van der Waals surface area contributed by atoms with Gasteiger partial charge >= 0.3 is 5.97 Å². The zero-order valence-electron chi connectivity index (χ0n) is 10.1. The quantitative estimate of drug-likeness (QED) is 0.461. The zero-order chi connectivity index (χ0) is 11.7. The van der Waals surface area contributed by atoms with E-state index in [1.54, 1.807) is 6.92 Å². The summed E-state index contributed by atoms with van der Waals surface area (Å²) in [6.07, 6.45) is 0.174. The van der Waals surface area contributed by atoms with Crippen LogP contribution in [0.1, 0.15) is 34.1 Å². The summed E-state index contributed by atoms with van der Waals surface area (Å²) >= 11 is 0. The lowest BCUT2D eigenvalue weighted by Crippen LogP contribution is -2.34. The van der Waals surface area contributed by atoms with Crippen molar-refractivity contribution in [2.75, 3.05) is 19.8 Å². The highest BCUT2D eigenvalue weighted by atomic mass is 16.7. The fourth-order valence-corrected chi connectivity index (χ4v) is 1.33. The molecule has 0 N–H and O–H groups in total. The molecule has 0 rings (SSSR count). The molecule has 0 aliphatic rings. The van der Waals surface area contributed by atoms with Gasteiger partial charge in [0.05, 0.1) is 6.61 Å². The Hall–Kier alpha value is -0.610. The summed E-state index contributed by atoms with van der Waals surface area (Å²) in [6, 6.07) is 0. The van der Waals surface area contributed by atoms with Crippen molar-refractivity contribution < 1.29 is 19.0 Å². The van der Waals surface area contributed by atoms with Crippen LogP contribution in [0.5, 0.6) is 0 Å². The van der Waals surface area contributed by atoms with Gasteiger partial charge in [-0.05, 0) is 27.2 Å². The van der Waals surface area contributed by atoms with Gasteiger partial charge < -0.3 is 14.2 Å². The average molecular weight is 218 g/mol. The largest absolute Gasteiger partial charge is 0.466 e. The lowest BCUT2D eigenvalue weighted by Gasteiger charge is -2.24. The summed E-state index contributed by atoms with van der Waals surface area (Å²) < 4.78 is 15.7. The Kier molecular flexibility index (Phi) is 8.33. The predicted octanol–water partition coefficient (Wildman–Crippen LogP) is 1.97. The van der Waals surface area contributed by atoms with Gasteiger partial charge in [-0.2, -0.15) is 0 Å². The summed E-state index contributed by atoms with van der Waals surface area (Å²) in [5.41, 5.74) is 0. The van der Waals surface area contributed by atoms with Crippen molar-refractivity contribution >= 4 is 5.97 Å². The van der Waals surface area contributed by atoms with Crippen LogP contribution in [-0.4, -0.2) is 32.1 Å². The van der Waals surface area contributed by atoms with E-state index >= 15 is 0 Å². The molecule has 0 spiro atoms. The van der Waals surface area contributed by atoms with Crippen LogP contribution < -0.4 is 0 Å². The first-order valence-electron chi connectivity index (χ1n) is 5.60. The molecule has 0 aromatic rings. The molecule has 90 valence electrons. The number of esters is 1. The van der Waals surface area contributed by atoms with E-state index in [1.165, 1.54) is 0 Å². The van der Waals surface area contributed by atoms with Crippen molar-refractivity contribution in [2.24, 2.45) is 5.92 Å². The number of carbonyl (C=O) groups excluding carboxylic acids is 1. The van der Waals surface area contributed by atoms with Gasteiger partial charge in [0, 0.05) is 13.2 Å². The van der Waals surface area contributed by atoms with Crippen molar-refractivity contribution in [3.63, 3.8) is 0 Å². The highest BCUT2D eigenvalue weighted by molar-refractivity contribution is 5.72. The standard InChI is InChI=1S/C11H22O4/c1-5-9(10(12)13-6-2)11(14-7-3)15-8-4/h9,11H,5-8H2,1-4H3. The molecule has 0 heterocycles. The molecule has 0 fully saturated rings. The molecule has 4 nitrogen and oxygen atoms in total. The minimum absolute atomic E-state index is 0.244. The molecule has 0 amide bonds. The topological polar surface area (TPSA) is 44.8 Å². The van der Waals surface area contributed by atoms with Gasteiger partial charge in [0.25, 0.3) is 0 Å². The van der Waals surface area contributed by atoms with E-state index in [2.05, 4.69) is 0 Å². The zero-order valence-corrected chi connectivity index (χ0v) is 10.1. The third-order valence-electron chi connectivity index (χ3n) is 2.02. The fourth-order valence-electron chi connectivity index (χ4n) is 1.33. The van der Waals surface area contributed by atoms with Crippen LogP contribution in [-0.2, 0) is 19.0 Å². The van der Waals surface area contributed by atoms with Gasteiger partial charge in [-0.3, -0.25) is 4.79 Å². The molecule has 15 heavy (non-hydrogen) atoms. The minimum Gasteiger partial charge on any atom is -0.466 e. The van der Waals surface area contributed by atoms with Crippen molar-refractivity contribution in [3.05, 3.63) is 0 Å². The van der Waals surface area contributed by atoms with Crippen LogP contribution in [0.3, 0.4) is 0 Å². The first-order valence-corrected chi connectivity index (χ1v) is 5.60. The van der Waals surface area contributed by atoms with Gasteiger partial charge in [-0.15, -0.1) is 0 Å². The first-order chi connectivity index (χ1) is 7.21. The molecule has 0 aliphatic carbocycles. The highest BCUT2D eigenvalue weighted by Crippen LogP contribution is 2.16. The van der Waals surface area contributed by atoms with Gasteiger partial charge in [0.2, 0.25) is 0 Å². The molecule has 0 bridgehead atoms. The molecule has 0 radical (unpaired) electrons. The molecule has 0 saturated carbocycles. The van der Waals surface area contributed by atoms with E-state index in [4.69, 9.17) is 14.2 Å². The van der Waals surface area contributed by atoms with E-state index in [0.29, 0.717) is 26.2 Å². The molecule has 0 aliphatic heterocycles. The lowest BCUT2D eigenvalue weighted by molar-refractivity contribution is -0.189. The SMILES string of the molecule is CCOC(=O)C(CC)C(OCC)OCC. The third-order valence-corrected chi connectivity index (χ3v) is 2.02. The van der Waals surface area contributed by atoms with Gasteiger partial charge in [-0.1, -0.05) is 6.92 Å². The second-order valence-corrected chi connectivity index (χ2v) is 3.05. The second-order valence-electron chi connectivity index (χ2n) is 3.05. The smallest absolute Gasteiger partial charge is 0.314 e. The van der Waals surface area contributed by atoms with E-state index < -0.39 is 6.29 Å². The number of rotatable bonds is 8. The van der Waals surface area contributed by atoms with Crippen LogP contribution in [0.2, 0.25) is 0 Å². The highest BCUT2D eigenvalue weighted by Gasteiger charge is 2.28. The van der Waals surface area contributed by atoms with Crippen molar-refractivity contribution in [1.29, 1.82) is 0 Å². The summed E-state index contributed by atoms with van der Waals surface area (Å²) in [6.45, 7) is 8.92. The van der Waals surface area contributed by atoms with Crippen LogP contribution in [0, 0.1) is 5.92 Å². The third kappa shape index (κ3) is 5.14. The maximum absolute atomic E-state index is 11.6. The van der Waals surface area contributed by atoms with Crippen molar-refractivity contribution in [2.45, 2.75) is 40.4 Å². The minimum atomic E-state index is -0.482. The molecule has 0 saturated heterocycles. The second kappa shape index (κ2) is 8.68. The van der Waals surface area contributed by atoms with Gasteiger partial charge in [0.1, 0.15) is 5.92 Å². The Bertz CT molecular complexity index is 164. The van der Waals surface area contributed by atoms with Crippen LogP contribution in [0.15, 0.2) is 0 Å². The molecular weight excluding hydrogens is 196 g/mol. The summed E-state index contributed by atoms with van der Waals surface area (Å²) in [4.78, 5) is 11.6. The number of hydrogen-bond acceptors (Lipinski definition) is 4. The maximum atomic E-state index is 11.6. The normalized spacial score (nSPS) is 12.9. The Morgan fingerprint density at radius 3 is 1.87 bits per heavy atom. The Morgan fingerprint density at radius 1 is 1.00 bits per heavy atom. The van der Waals surface area contributed by atoms with E-state index in [0.717, 1.165) is 0 Å². The summed E-state index contributed by atoms with van der Waals surface area (Å²) in [5, 5.41) is 0. The predicted molar refractivity (Wildman–Crippen MR) is 57.5 cm³/mol. The molecule has 0 aromatic carbocycles. The van der Waals surface area contributed by atoms with Gasteiger partial charge in [0.15, 0.2) is 6.29 Å². The summed E-state index contributed by atoms with van der Waals surface area (Å²) in [7, 11) is 0. The molecule has 1 atom stereocenters. The number of hydrogen-bond donors (Lipinski definition) is 0. The van der Waals surface area contributed by atoms with Crippen molar-refractivity contribution in [3.8, 4) is 0 Å². The molecule has 0 aromatic heterocycles. The molecule has 1 unspecified atom stereocenters. The Labute approximate surface area is 91.9 Å². The van der Waals surface area contributed by atoms with Crippen LogP contribution in [0.25, 0.3) is 0 Å². The van der Waals surface area contributed by atoms with E-state index in [-0.39, 0.29) is 11.9 Å². The monoisotopic (exact) mass is 218 g/mol. The molecule has 4 heteroatoms. The van der Waals surface area contributed by atoms with Gasteiger partial charge in [-0.25, -0.2) is 0 Å². The van der Waals surface area contributed by atoms with E-state index in [1.807, 2.05) is 20.8 Å². The van der Waals surface area contributed by atoms with Crippen molar-refractivity contribution in [1.82, 2.24) is 0 Å². The lowest BCUT2D eigenvalue weighted by atomic mass is 10.1. The first kappa shape index (κ1) is 14.4. The Morgan fingerprint density at radius 2 is 1.53 bits per heavy atom.